The highest BCUT2D eigenvalue weighted by atomic mass is 79.9. The fourth-order valence-electron chi connectivity index (χ4n) is 5.16. The van der Waals surface area contributed by atoms with Crippen molar-refractivity contribution in [3.8, 4) is 5.75 Å². The number of hydrogen-bond donors (Lipinski definition) is 1. The van der Waals surface area contributed by atoms with Gasteiger partial charge in [0.1, 0.15) is 5.75 Å². The van der Waals surface area contributed by atoms with Gasteiger partial charge in [-0.3, -0.25) is 4.90 Å². The molecule has 0 aromatic heterocycles. The maximum absolute atomic E-state index is 10.8. The van der Waals surface area contributed by atoms with Crippen molar-refractivity contribution in [3.63, 3.8) is 0 Å². The number of nitrogens with zero attached hydrogens (tertiary/aromatic N) is 1. The summed E-state index contributed by atoms with van der Waals surface area (Å²) in [7, 11) is 0. The van der Waals surface area contributed by atoms with E-state index in [4.69, 9.17) is 11.6 Å². The summed E-state index contributed by atoms with van der Waals surface area (Å²) < 4.78 is 1.10. The summed E-state index contributed by atoms with van der Waals surface area (Å²) in [6.45, 7) is 1.68. The van der Waals surface area contributed by atoms with Gasteiger partial charge in [-0.1, -0.05) is 106 Å². The van der Waals surface area contributed by atoms with Crippen molar-refractivity contribution in [1.29, 1.82) is 0 Å². The Hall–Kier alpha value is -2.59. The van der Waals surface area contributed by atoms with Crippen LogP contribution in [0.15, 0.2) is 108 Å². The van der Waals surface area contributed by atoms with Gasteiger partial charge in [-0.15, -0.1) is 0 Å². The standard InChI is InChI=1S/C29H25BrClNO/c30-27-14-8-7-13-23(27)25-18-32(19-26(25)24-17-22(31)15-16-28(24)33)29(20-9-3-1-4-10-20)21-11-5-2-6-12-21/h1-17,25-26,29,33H,18-19H2/t25-,26-/m0/s1. The monoisotopic (exact) mass is 517 g/mol. The predicted octanol–water partition coefficient (Wildman–Crippen LogP) is 7.78. The molecule has 5 rings (SSSR count). The average molecular weight is 519 g/mol. The number of rotatable bonds is 5. The normalized spacial score (nSPS) is 18.6. The number of halogens is 2. The van der Waals surface area contributed by atoms with Crippen LogP contribution in [0.4, 0.5) is 0 Å². The second-order valence-corrected chi connectivity index (χ2v) is 9.91. The third-order valence-electron chi connectivity index (χ3n) is 6.64. The van der Waals surface area contributed by atoms with Gasteiger partial charge in [-0.05, 0) is 41.0 Å². The van der Waals surface area contributed by atoms with E-state index in [1.807, 2.05) is 12.1 Å². The van der Waals surface area contributed by atoms with Gasteiger partial charge >= 0.3 is 0 Å². The first-order valence-electron chi connectivity index (χ1n) is 11.2. The lowest BCUT2D eigenvalue weighted by molar-refractivity contribution is 0.274. The van der Waals surface area contributed by atoms with Gasteiger partial charge in [0.25, 0.3) is 0 Å². The molecular weight excluding hydrogens is 494 g/mol. The van der Waals surface area contributed by atoms with Crippen molar-refractivity contribution in [2.45, 2.75) is 17.9 Å². The van der Waals surface area contributed by atoms with Gasteiger partial charge in [0.15, 0.2) is 0 Å². The van der Waals surface area contributed by atoms with Crippen molar-refractivity contribution >= 4 is 27.5 Å². The first kappa shape index (κ1) is 22.2. The Morgan fingerprint density at radius 3 is 1.88 bits per heavy atom. The predicted molar refractivity (Wildman–Crippen MR) is 139 cm³/mol. The molecule has 4 heteroatoms. The molecular formula is C29H25BrClNO. The second-order valence-electron chi connectivity index (χ2n) is 8.62. The second kappa shape index (κ2) is 9.72. The maximum Gasteiger partial charge on any atom is 0.119 e. The molecule has 1 aliphatic rings. The van der Waals surface area contributed by atoms with Gasteiger partial charge in [-0.25, -0.2) is 0 Å². The average Bonchev–Trinajstić information content (AvgIpc) is 3.27. The van der Waals surface area contributed by atoms with Crippen LogP contribution in [0.5, 0.6) is 5.75 Å². The Bertz CT molecular complexity index is 1190. The molecule has 0 bridgehead atoms. The third-order valence-corrected chi connectivity index (χ3v) is 7.59. The van der Waals surface area contributed by atoms with Gasteiger partial charge in [-0.2, -0.15) is 0 Å². The fourth-order valence-corrected chi connectivity index (χ4v) is 5.92. The third kappa shape index (κ3) is 4.59. The molecule has 1 aliphatic heterocycles. The van der Waals surface area contributed by atoms with Crippen molar-refractivity contribution in [2.24, 2.45) is 0 Å². The van der Waals surface area contributed by atoms with Crippen LogP contribution in [0.1, 0.15) is 40.1 Å². The Morgan fingerprint density at radius 2 is 1.27 bits per heavy atom. The number of likely N-dealkylation sites (tertiary alicyclic amines) is 1. The molecule has 2 nitrogen and oxygen atoms in total. The molecule has 0 radical (unpaired) electrons. The molecule has 1 fully saturated rings. The lowest BCUT2D eigenvalue weighted by Crippen LogP contribution is -2.27. The highest BCUT2D eigenvalue weighted by Crippen LogP contribution is 2.48. The number of aromatic hydroxyl groups is 1. The van der Waals surface area contributed by atoms with Crippen LogP contribution in [-0.4, -0.2) is 23.1 Å². The van der Waals surface area contributed by atoms with Crippen LogP contribution in [0.25, 0.3) is 0 Å². The zero-order valence-corrected chi connectivity index (χ0v) is 20.5. The van der Waals surface area contributed by atoms with Crippen LogP contribution in [0, 0.1) is 0 Å². The SMILES string of the molecule is Oc1ccc(Cl)cc1[C@@H]1CN(C(c2ccccc2)c2ccccc2)C[C@H]1c1ccccc1Br. The van der Waals surface area contributed by atoms with E-state index in [1.54, 1.807) is 12.1 Å². The fraction of sp³-hybridized carbons (Fsp3) is 0.172. The Balaban J connectivity index is 1.61. The van der Waals surface area contributed by atoms with Crippen molar-refractivity contribution < 1.29 is 5.11 Å². The van der Waals surface area contributed by atoms with Crippen molar-refractivity contribution in [2.75, 3.05) is 13.1 Å². The first-order chi connectivity index (χ1) is 16.1. The molecule has 1 heterocycles. The topological polar surface area (TPSA) is 23.5 Å². The molecule has 0 aliphatic carbocycles. The smallest absolute Gasteiger partial charge is 0.119 e. The van der Waals surface area contributed by atoms with Gasteiger partial charge in [0.2, 0.25) is 0 Å². The van der Waals surface area contributed by atoms with Crippen molar-refractivity contribution in [3.05, 3.63) is 135 Å². The largest absolute Gasteiger partial charge is 0.508 e. The van der Waals surface area contributed by atoms with E-state index in [-0.39, 0.29) is 17.9 Å². The van der Waals surface area contributed by atoms with Gasteiger partial charge < -0.3 is 5.11 Å². The van der Waals surface area contributed by atoms with Crippen LogP contribution in [-0.2, 0) is 0 Å². The molecule has 1 N–H and O–H groups in total. The zero-order valence-electron chi connectivity index (χ0n) is 18.1. The molecule has 0 amide bonds. The molecule has 0 saturated carbocycles. The number of phenols is 1. The lowest BCUT2D eigenvalue weighted by atomic mass is 9.84. The minimum atomic E-state index is 0.109. The summed E-state index contributed by atoms with van der Waals surface area (Å²) in [4.78, 5) is 2.54. The van der Waals surface area contributed by atoms with Gasteiger partial charge in [0.05, 0.1) is 6.04 Å². The summed E-state index contributed by atoms with van der Waals surface area (Å²) in [5, 5.41) is 11.4. The molecule has 2 atom stereocenters. The molecule has 0 unspecified atom stereocenters. The molecule has 1 saturated heterocycles. The van der Waals surface area contributed by atoms with E-state index in [2.05, 4.69) is 99.7 Å². The van der Waals surface area contributed by atoms with E-state index < -0.39 is 0 Å². The van der Waals surface area contributed by atoms with Crippen LogP contribution < -0.4 is 0 Å². The van der Waals surface area contributed by atoms with E-state index in [0.717, 1.165) is 23.1 Å². The molecule has 4 aromatic carbocycles. The number of phenolic OH excluding ortho intramolecular Hbond substituents is 1. The quantitative estimate of drug-likeness (QED) is 0.291. The van der Waals surface area contributed by atoms with Gasteiger partial charge in [0, 0.05) is 40.0 Å². The highest BCUT2D eigenvalue weighted by molar-refractivity contribution is 9.10. The summed E-state index contributed by atoms with van der Waals surface area (Å²) in [5.41, 5.74) is 4.70. The maximum atomic E-state index is 10.8. The zero-order chi connectivity index (χ0) is 22.8. The van der Waals surface area contributed by atoms with E-state index in [1.165, 1.54) is 16.7 Å². The van der Waals surface area contributed by atoms with Crippen LogP contribution in [0.2, 0.25) is 5.02 Å². The minimum absolute atomic E-state index is 0.109. The highest BCUT2D eigenvalue weighted by Gasteiger charge is 2.40. The van der Waals surface area contributed by atoms with Crippen LogP contribution in [0.3, 0.4) is 0 Å². The summed E-state index contributed by atoms with van der Waals surface area (Å²) in [5.74, 6) is 0.622. The molecule has 0 spiro atoms. The summed E-state index contributed by atoms with van der Waals surface area (Å²) in [6.07, 6.45) is 0. The summed E-state index contributed by atoms with van der Waals surface area (Å²) >= 11 is 10.2. The lowest BCUT2D eigenvalue weighted by Gasteiger charge is -2.29. The van der Waals surface area contributed by atoms with Crippen molar-refractivity contribution in [1.82, 2.24) is 4.90 Å². The van der Waals surface area contributed by atoms with E-state index in [9.17, 15) is 5.11 Å². The first-order valence-corrected chi connectivity index (χ1v) is 12.4. The van der Waals surface area contributed by atoms with E-state index >= 15 is 0 Å². The Morgan fingerprint density at radius 1 is 0.727 bits per heavy atom. The summed E-state index contributed by atoms with van der Waals surface area (Å²) in [6, 6.07) is 35.3. The Kier molecular flexibility index (Phi) is 6.55. The Labute approximate surface area is 208 Å². The molecule has 166 valence electrons. The number of hydrogen-bond acceptors (Lipinski definition) is 2. The van der Waals surface area contributed by atoms with Crippen LogP contribution >= 0.6 is 27.5 Å². The number of benzene rings is 4. The molecule has 33 heavy (non-hydrogen) atoms. The minimum Gasteiger partial charge on any atom is -0.508 e. The van der Waals surface area contributed by atoms with E-state index in [0.29, 0.717) is 10.8 Å². The molecule has 4 aromatic rings.